The van der Waals surface area contributed by atoms with Crippen molar-refractivity contribution in [3.8, 4) is 0 Å². The van der Waals surface area contributed by atoms with E-state index in [1.165, 1.54) is 0 Å². The lowest BCUT2D eigenvalue weighted by Gasteiger charge is -2.11. The third-order valence-corrected chi connectivity index (χ3v) is 4.21. The molecule has 0 atom stereocenters. The quantitative estimate of drug-likeness (QED) is 0.580. The van der Waals surface area contributed by atoms with Crippen molar-refractivity contribution in [2.75, 3.05) is 5.32 Å². The van der Waals surface area contributed by atoms with Gasteiger partial charge < -0.3 is 10.4 Å². The Bertz CT molecular complexity index is 1160. The second-order valence-electron chi connectivity index (χ2n) is 5.86. The molecule has 0 radical (unpaired) electrons. The number of amides is 1. The number of carbonyl (C=O) groups is 2. The third-order valence-electron chi connectivity index (χ3n) is 4.21. The van der Waals surface area contributed by atoms with Crippen LogP contribution in [0.25, 0.3) is 21.7 Å². The van der Waals surface area contributed by atoms with E-state index in [4.69, 9.17) is 0 Å². The van der Waals surface area contributed by atoms with Gasteiger partial charge in [0.2, 0.25) is 0 Å². The Labute approximate surface area is 148 Å². The smallest absolute Gasteiger partial charge is 0.355 e. The number of hydrogen-bond donors (Lipinski definition) is 2. The summed E-state index contributed by atoms with van der Waals surface area (Å²) in [5, 5.41) is 14.9. The van der Waals surface area contributed by atoms with Gasteiger partial charge in [-0.3, -0.25) is 4.79 Å². The van der Waals surface area contributed by atoms with Crippen molar-refractivity contribution in [1.82, 2.24) is 4.98 Å². The molecule has 1 aromatic heterocycles. The summed E-state index contributed by atoms with van der Waals surface area (Å²) >= 11 is 0. The number of nitrogens with zero attached hydrogens (tertiary/aromatic N) is 1. The molecular weight excluding hydrogens is 328 g/mol. The molecule has 126 valence electrons. The zero-order valence-electron chi connectivity index (χ0n) is 13.6. The summed E-state index contributed by atoms with van der Waals surface area (Å²) in [6.45, 7) is 0. The maximum absolute atomic E-state index is 12.8. The number of aromatic nitrogens is 1. The molecule has 0 saturated heterocycles. The topological polar surface area (TPSA) is 79.3 Å². The summed E-state index contributed by atoms with van der Waals surface area (Å²) in [6.07, 6.45) is 0. The summed E-state index contributed by atoms with van der Waals surface area (Å²) in [7, 11) is 0. The van der Waals surface area contributed by atoms with Gasteiger partial charge in [-0.25, -0.2) is 9.78 Å². The van der Waals surface area contributed by atoms with Crippen molar-refractivity contribution in [1.29, 1.82) is 0 Å². The second-order valence-corrected chi connectivity index (χ2v) is 5.86. The van der Waals surface area contributed by atoms with Crippen molar-refractivity contribution in [3.05, 3.63) is 84.1 Å². The molecule has 0 saturated carbocycles. The molecule has 26 heavy (non-hydrogen) atoms. The Kier molecular flexibility index (Phi) is 3.82. The van der Waals surface area contributed by atoms with Crippen molar-refractivity contribution >= 4 is 39.2 Å². The Hall–Kier alpha value is -3.73. The number of carbonyl (C=O) groups excluding carboxylic acids is 1. The van der Waals surface area contributed by atoms with Crippen LogP contribution >= 0.6 is 0 Å². The molecule has 4 rings (SSSR count). The molecule has 1 amide bonds. The molecule has 0 unspecified atom stereocenters. The molecule has 3 aromatic carbocycles. The highest BCUT2D eigenvalue weighted by Gasteiger charge is 2.20. The maximum Gasteiger partial charge on any atom is 0.355 e. The van der Waals surface area contributed by atoms with Gasteiger partial charge >= 0.3 is 5.97 Å². The minimum Gasteiger partial charge on any atom is -0.476 e. The van der Waals surface area contributed by atoms with Crippen LogP contribution in [0.5, 0.6) is 0 Å². The molecular formula is C21H14N2O3. The van der Waals surface area contributed by atoms with E-state index in [9.17, 15) is 14.7 Å². The van der Waals surface area contributed by atoms with E-state index in [2.05, 4.69) is 10.3 Å². The molecule has 0 aliphatic heterocycles. The number of benzene rings is 3. The summed E-state index contributed by atoms with van der Waals surface area (Å²) in [5.74, 6) is -1.74. The number of anilines is 1. The van der Waals surface area contributed by atoms with Gasteiger partial charge in [-0.05, 0) is 23.6 Å². The van der Waals surface area contributed by atoms with E-state index < -0.39 is 11.9 Å². The minimum atomic E-state index is -1.24. The lowest BCUT2D eigenvalue weighted by Crippen LogP contribution is -2.18. The van der Waals surface area contributed by atoms with Crippen molar-refractivity contribution in [3.63, 3.8) is 0 Å². The summed E-state index contributed by atoms with van der Waals surface area (Å²) in [5.41, 5.74) is 0.926. The highest BCUT2D eigenvalue weighted by molar-refractivity contribution is 6.14. The maximum atomic E-state index is 12.8. The van der Waals surface area contributed by atoms with Gasteiger partial charge in [0.1, 0.15) is 0 Å². The largest absolute Gasteiger partial charge is 0.476 e. The summed E-state index contributed by atoms with van der Waals surface area (Å²) < 4.78 is 0. The average molecular weight is 342 g/mol. The average Bonchev–Trinajstić information content (AvgIpc) is 2.67. The highest BCUT2D eigenvalue weighted by Crippen LogP contribution is 2.24. The van der Waals surface area contributed by atoms with Gasteiger partial charge in [-0.15, -0.1) is 0 Å². The van der Waals surface area contributed by atoms with Crippen molar-refractivity contribution in [2.24, 2.45) is 0 Å². The fourth-order valence-corrected chi connectivity index (χ4v) is 2.98. The number of para-hydroxylation sites is 1. The lowest BCUT2D eigenvalue weighted by molar-refractivity contribution is 0.0686. The van der Waals surface area contributed by atoms with Crippen LogP contribution in [0.4, 0.5) is 5.69 Å². The van der Waals surface area contributed by atoms with E-state index in [0.29, 0.717) is 16.6 Å². The molecule has 5 heteroatoms. The number of pyridine rings is 1. The fourth-order valence-electron chi connectivity index (χ4n) is 2.98. The third kappa shape index (κ3) is 2.75. The normalized spacial score (nSPS) is 10.8. The van der Waals surface area contributed by atoms with Crippen LogP contribution < -0.4 is 5.32 Å². The predicted octanol–water partition coefficient (Wildman–Crippen LogP) is 4.34. The van der Waals surface area contributed by atoms with Gasteiger partial charge in [-0.2, -0.15) is 0 Å². The van der Waals surface area contributed by atoms with E-state index in [1.807, 2.05) is 42.5 Å². The first-order valence-electron chi connectivity index (χ1n) is 8.06. The molecule has 0 spiro atoms. The molecule has 0 fully saturated rings. The zero-order valence-corrected chi connectivity index (χ0v) is 13.6. The van der Waals surface area contributed by atoms with Crippen LogP contribution in [-0.2, 0) is 0 Å². The van der Waals surface area contributed by atoms with Crippen LogP contribution in [-0.4, -0.2) is 22.0 Å². The number of aromatic carboxylic acids is 1. The van der Waals surface area contributed by atoms with Crippen LogP contribution in [0.2, 0.25) is 0 Å². The Morgan fingerprint density at radius 1 is 0.846 bits per heavy atom. The number of fused-ring (bicyclic) bond motifs is 2. The SMILES string of the molecule is O=C(Nc1cccc2ccccc12)c1cc2ccccc2nc1C(=O)O. The van der Waals surface area contributed by atoms with Crippen molar-refractivity contribution in [2.45, 2.75) is 0 Å². The molecule has 0 aliphatic carbocycles. The first-order chi connectivity index (χ1) is 12.6. The minimum absolute atomic E-state index is 0.0316. The predicted molar refractivity (Wildman–Crippen MR) is 101 cm³/mol. The van der Waals surface area contributed by atoms with Crippen LogP contribution in [0, 0.1) is 0 Å². The van der Waals surface area contributed by atoms with Crippen LogP contribution in [0.3, 0.4) is 0 Å². The van der Waals surface area contributed by atoms with Gasteiger partial charge in [0.05, 0.1) is 11.1 Å². The Balaban J connectivity index is 1.80. The van der Waals surface area contributed by atoms with Gasteiger partial charge in [-0.1, -0.05) is 54.6 Å². The first kappa shape index (κ1) is 15.8. The fraction of sp³-hybridized carbons (Fsp3) is 0. The van der Waals surface area contributed by atoms with Gasteiger partial charge in [0, 0.05) is 16.5 Å². The van der Waals surface area contributed by atoms with Gasteiger partial charge in [0.15, 0.2) is 5.69 Å². The number of nitrogens with one attached hydrogen (secondary N) is 1. The van der Waals surface area contributed by atoms with Crippen LogP contribution in [0.1, 0.15) is 20.8 Å². The first-order valence-corrected chi connectivity index (χ1v) is 8.06. The van der Waals surface area contributed by atoms with E-state index >= 15 is 0 Å². The monoisotopic (exact) mass is 342 g/mol. The second kappa shape index (κ2) is 6.29. The number of rotatable bonds is 3. The van der Waals surface area contributed by atoms with Crippen LogP contribution in [0.15, 0.2) is 72.8 Å². The van der Waals surface area contributed by atoms with Gasteiger partial charge in [0.25, 0.3) is 5.91 Å². The van der Waals surface area contributed by atoms with Crippen molar-refractivity contribution < 1.29 is 14.7 Å². The number of carboxylic acids is 1. The molecule has 5 nitrogen and oxygen atoms in total. The van der Waals surface area contributed by atoms with E-state index in [1.54, 1.807) is 30.3 Å². The standard InChI is InChI=1S/C21H14N2O3/c24-20(23-18-11-5-8-13-6-1-3-9-15(13)18)16-12-14-7-2-4-10-17(14)22-19(16)21(25)26/h1-12H,(H,23,24)(H,25,26). The number of hydrogen-bond acceptors (Lipinski definition) is 3. The highest BCUT2D eigenvalue weighted by atomic mass is 16.4. The Morgan fingerprint density at radius 2 is 1.54 bits per heavy atom. The molecule has 4 aromatic rings. The molecule has 0 aliphatic rings. The molecule has 2 N–H and O–H groups in total. The summed E-state index contributed by atoms with van der Waals surface area (Å²) in [6, 6.07) is 21.9. The summed E-state index contributed by atoms with van der Waals surface area (Å²) in [4.78, 5) is 28.5. The number of carboxylic acid groups (broad SMARTS) is 1. The van der Waals surface area contributed by atoms with E-state index in [0.717, 1.165) is 10.8 Å². The lowest BCUT2D eigenvalue weighted by atomic mass is 10.1. The zero-order chi connectivity index (χ0) is 18.1. The molecule has 1 heterocycles. The molecule has 0 bridgehead atoms. The Morgan fingerprint density at radius 3 is 2.35 bits per heavy atom. The van der Waals surface area contributed by atoms with E-state index in [-0.39, 0.29) is 11.3 Å².